The third-order valence-electron chi connectivity index (χ3n) is 4.07. The highest BCUT2D eigenvalue weighted by Crippen LogP contribution is 2.36. The van der Waals surface area contributed by atoms with Gasteiger partial charge < -0.3 is 4.98 Å². The number of aryl methyl sites for hydroxylation is 2. The number of rotatable bonds is 2. The monoisotopic (exact) mass is 422 g/mol. The van der Waals surface area contributed by atoms with E-state index >= 15 is 0 Å². The second-order valence-corrected chi connectivity index (χ2v) is 6.66. The first-order valence-electron chi connectivity index (χ1n) is 7.72. The quantitative estimate of drug-likeness (QED) is 0.592. The zero-order valence-corrected chi connectivity index (χ0v) is 15.5. The molecule has 7 heteroatoms. The number of nitrogens with zero attached hydrogens (tertiary/aromatic N) is 1. The summed E-state index contributed by atoms with van der Waals surface area (Å²) in [5, 5.41) is 0. The molecule has 0 saturated carbocycles. The summed E-state index contributed by atoms with van der Waals surface area (Å²) in [7, 11) is 0. The lowest BCUT2D eigenvalue weighted by atomic mass is 10.0. The van der Waals surface area contributed by atoms with E-state index in [1.54, 1.807) is 19.9 Å². The number of alkyl halides is 3. The molecule has 134 valence electrons. The van der Waals surface area contributed by atoms with Crippen molar-refractivity contribution < 1.29 is 13.2 Å². The highest BCUT2D eigenvalue weighted by molar-refractivity contribution is 9.10. The Labute approximate surface area is 156 Å². The maximum atomic E-state index is 13.2. The van der Waals surface area contributed by atoms with Crippen LogP contribution in [0.4, 0.5) is 13.2 Å². The number of aromatic nitrogens is 2. The van der Waals surface area contributed by atoms with Crippen molar-refractivity contribution in [3.8, 4) is 22.4 Å². The molecule has 0 amide bonds. The van der Waals surface area contributed by atoms with Crippen LogP contribution in [0.3, 0.4) is 0 Å². The van der Waals surface area contributed by atoms with E-state index in [2.05, 4.69) is 25.9 Å². The molecule has 0 aliphatic carbocycles. The number of pyridine rings is 2. The number of benzene rings is 1. The van der Waals surface area contributed by atoms with Crippen LogP contribution in [0.2, 0.25) is 0 Å². The molecule has 0 fully saturated rings. The Morgan fingerprint density at radius 3 is 2.35 bits per heavy atom. The fourth-order valence-corrected chi connectivity index (χ4v) is 3.15. The van der Waals surface area contributed by atoms with Crippen LogP contribution in [0.5, 0.6) is 0 Å². The number of nitrogens with one attached hydrogen (secondary N) is 1. The molecule has 0 aliphatic heterocycles. The topological polar surface area (TPSA) is 45.8 Å². The summed E-state index contributed by atoms with van der Waals surface area (Å²) >= 11 is 3.25. The molecule has 3 rings (SSSR count). The van der Waals surface area contributed by atoms with Gasteiger partial charge in [-0.25, -0.2) is 0 Å². The second kappa shape index (κ2) is 6.72. The lowest BCUT2D eigenvalue weighted by Gasteiger charge is -2.13. The number of hydrogen-bond donors (Lipinski definition) is 1. The Kier molecular flexibility index (Phi) is 4.75. The zero-order valence-electron chi connectivity index (χ0n) is 13.9. The fourth-order valence-electron chi connectivity index (χ4n) is 2.85. The van der Waals surface area contributed by atoms with E-state index in [4.69, 9.17) is 0 Å². The second-order valence-electron chi connectivity index (χ2n) is 5.87. The lowest BCUT2D eigenvalue weighted by Crippen LogP contribution is -2.12. The molecule has 1 aromatic carbocycles. The molecule has 0 atom stereocenters. The van der Waals surface area contributed by atoms with Gasteiger partial charge in [0.2, 0.25) is 5.43 Å². The number of hydrogen-bond acceptors (Lipinski definition) is 2. The fraction of sp³-hybridized carbons (Fsp3) is 0.158. The molecule has 0 saturated heterocycles. The van der Waals surface area contributed by atoms with Gasteiger partial charge in [-0.3, -0.25) is 9.78 Å². The van der Waals surface area contributed by atoms with E-state index in [0.717, 1.165) is 6.07 Å². The van der Waals surface area contributed by atoms with Crippen molar-refractivity contribution in [2.45, 2.75) is 20.0 Å². The molecule has 0 spiro atoms. The third-order valence-corrected chi connectivity index (χ3v) is 5.02. The summed E-state index contributed by atoms with van der Waals surface area (Å²) in [4.78, 5) is 19.8. The van der Waals surface area contributed by atoms with Crippen molar-refractivity contribution in [1.82, 2.24) is 9.97 Å². The minimum atomic E-state index is -4.47. The Hall–Kier alpha value is -2.41. The van der Waals surface area contributed by atoms with Gasteiger partial charge in [-0.1, -0.05) is 24.3 Å². The van der Waals surface area contributed by atoms with E-state index in [1.807, 2.05) is 0 Å². The Morgan fingerprint density at radius 2 is 1.73 bits per heavy atom. The normalized spacial score (nSPS) is 11.6. The first-order chi connectivity index (χ1) is 12.2. The van der Waals surface area contributed by atoms with Crippen molar-refractivity contribution in [2.75, 3.05) is 0 Å². The maximum absolute atomic E-state index is 13.2. The molecule has 0 unspecified atom stereocenters. The van der Waals surface area contributed by atoms with Crippen LogP contribution in [-0.4, -0.2) is 9.97 Å². The zero-order chi connectivity index (χ0) is 19.1. The van der Waals surface area contributed by atoms with Crippen LogP contribution in [0, 0.1) is 13.8 Å². The minimum Gasteiger partial charge on any atom is -0.361 e. The van der Waals surface area contributed by atoms with Crippen LogP contribution in [-0.2, 0) is 6.18 Å². The molecule has 0 aliphatic rings. The van der Waals surface area contributed by atoms with Gasteiger partial charge in [0.25, 0.3) is 0 Å². The number of halogens is 4. The highest BCUT2D eigenvalue weighted by atomic mass is 79.9. The Bertz CT molecular complexity index is 1020. The summed E-state index contributed by atoms with van der Waals surface area (Å²) < 4.78 is 40.0. The van der Waals surface area contributed by atoms with Gasteiger partial charge in [0.05, 0.1) is 21.3 Å². The maximum Gasteiger partial charge on any atom is 0.417 e. The molecule has 26 heavy (non-hydrogen) atoms. The summed E-state index contributed by atoms with van der Waals surface area (Å²) in [6, 6.07) is 8.38. The molecule has 1 N–H and O–H groups in total. The summed E-state index contributed by atoms with van der Waals surface area (Å²) in [5.74, 6) is 0. The van der Waals surface area contributed by atoms with Crippen molar-refractivity contribution in [2.24, 2.45) is 0 Å². The minimum absolute atomic E-state index is 0.00210. The van der Waals surface area contributed by atoms with E-state index in [-0.39, 0.29) is 16.7 Å². The van der Waals surface area contributed by atoms with Crippen molar-refractivity contribution in [3.05, 3.63) is 74.2 Å². The van der Waals surface area contributed by atoms with Crippen molar-refractivity contribution in [1.29, 1.82) is 0 Å². The Balaban J connectivity index is 2.10. The summed E-state index contributed by atoms with van der Waals surface area (Å²) in [6.45, 7) is 3.54. The predicted octanol–water partition coefficient (Wildman–Crippen LogP) is 5.50. The summed E-state index contributed by atoms with van der Waals surface area (Å²) in [5.41, 5.74) is 1.62. The molecule has 3 nitrogen and oxygen atoms in total. The average molecular weight is 423 g/mol. The standard InChI is InChI=1S/C19H14BrF3N2O/c1-10-16(18(26)17(20)11(2)25-10)12-7-8-15(24-9-12)13-5-3-4-6-14(13)19(21,22)23/h3-9H,1-2H3,(H,25,26). The third kappa shape index (κ3) is 3.31. The average Bonchev–Trinajstić information content (AvgIpc) is 2.60. The van der Waals surface area contributed by atoms with Crippen molar-refractivity contribution in [3.63, 3.8) is 0 Å². The van der Waals surface area contributed by atoms with Gasteiger partial charge in [0.1, 0.15) is 0 Å². The number of H-pyrrole nitrogens is 1. The lowest BCUT2D eigenvalue weighted by molar-refractivity contribution is -0.137. The van der Waals surface area contributed by atoms with Gasteiger partial charge in [-0.05, 0) is 41.9 Å². The number of aromatic amines is 1. The molecule has 2 aromatic heterocycles. The molecule has 3 aromatic rings. The first-order valence-corrected chi connectivity index (χ1v) is 8.51. The van der Waals surface area contributed by atoms with Crippen LogP contribution < -0.4 is 5.43 Å². The van der Waals surface area contributed by atoms with Gasteiger partial charge in [0.15, 0.2) is 0 Å². The van der Waals surface area contributed by atoms with E-state index < -0.39 is 11.7 Å². The van der Waals surface area contributed by atoms with Crippen LogP contribution in [0.25, 0.3) is 22.4 Å². The predicted molar refractivity (Wildman–Crippen MR) is 97.9 cm³/mol. The molecular weight excluding hydrogens is 409 g/mol. The van der Waals surface area contributed by atoms with E-state index in [9.17, 15) is 18.0 Å². The highest BCUT2D eigenvalue weighted by Gasteiger charge is 2.33. The van der Waals surface area contributed by atoms with E-state index in [1.165, 1.54) is 30.5 Å². The molecule has 0 radical (unpaired) electrons. The Morgan fingerprint density at radius 1 is 1.04 bits per heavy atom. The van der Waals surface area contributed by atoms with Crippen LogP contribution in [0.1, 0.15) is 17.0 Å². The van der Waals surface area contributed by atoms with Gasteiger partial charge >= 0.3 is 6.18 Å². The molecular formula is C19H14BrF3N2O. The smallest absolute Gasteiger partial charge is 0.361 e. The van der Waals surface area contributed by atoms with Gasteiger partial charge in [-0.15, -0.1) is 0 Å². The van der Waals surface area contributed by atoms with E-state index in [0.29, 0.717) is 27.0 Å². The van der Waals surface area contributed by atoms with Crippen molar-refractivity contribution >= 4 is 15.9 Å². The summed E-state index contributed by atoms with van der Waals surface area (Å²) in [6.07, 6.45) is -3.05. The van der Waals surface area contributed by atoms with Crippen LogP contribution >= 0.6 is 15.9 Å². The largest absolute Gasteiger partial charge is 0.417 e. The first kappa shape index (κ1) is 18.4. The SMILES string of the molecule is Cc1[nH]c(C)c(-c2ccc(-c3ccccc3C(F)(F)F)nc2)c(=O)c1Br. The van der Waals surface area contributed by atoms with Gasteiger partial charge in [-0.2, -0.15) is 13.2 Å². The van der Waals surface area contributed by atoms with Crippen LogP contribution in [0.15, 0.2) is 51.9 Å². The van der Waals surface area contributed by atoms with Gasteiger partial charge in [0, 0.05) is 28.7 Å². The molecule has 0 bridgehead atoms. The molecule has 2 heterocycles.